The van der Waals surface area contributed by atoms with Crippen LogP contribution in [0.3, 0.4) is 0 Å². The predicted octanol–water partition coefficient (Wildman–Crippen LogP) is 2.90. The van der Waals surface area contributed by atoms with Crippen molar-refractivity contribution in [1.29, 1.82) is 0 Å². The number of hydrogen-bond donors (Lipinski definition) is 1. The van der Waals surface area contributed by atoms with Crippen molar-refractivity contribution in [3.05, 3.63) is 36.0 Å². The van der Waals surface area contributed by atoms with E-state index in [1.165, 1.54) is 0 Å². The lowest BCUT2D eigenvalue weighted by Gasteiger charge is -2.24. The third kappa shape index (κ3) is 3.52. The smallest absolute Gasteiger partial charge is 0.130 e. The van der Waals surface area contributed by atoms with Crippen molar-refractivity contribution in [2.75, 3.05) is 19.8 Å². The van der Waals surface area contributed by atoms with Gasteiger partial charge in [0.05, 0.1) is 24.4 Å². The minimum atomic E-state index is 0.247. The second-order valence-electron chi connectivity index (χ2n) is 5.34. The number of nitrogens with one attached hydrogen (secondary N) is 1. The number of rotatable bonds is 5. The van der Waals surface area contributed by atoms with E-state index in [1.54, 1.807) is 0 Å². The molecule has 1 saturated heterocycles. The fraction of sp³-hybridized carbons (Fsp3) is 0.471. The van der Waals surface area contributed by atoms with Crippen molar-refractivity contribution in [3.8, 4) is 5.75 Å². The quantitative estimate of drug-likeness (QED) is 0.918. The number of fused-ring (bicyclic) bond motifs is 1. The molecule has 21 heavy (non-hydrogen) atoms. The van der Waals surface area contributed by atoms with Crippen LogP contribution in [0.1, 0.15) is 25.5 Å². The van der Waals surface area contributed by atoms with Gasteiger partial charge < -0.3 is 14.8 Å². The molecule has 4 nitrogen and oxygen atoms in total. The van der Waals surface area contributed by atoms with Crippen LogP contribution in [0.5, 0.6) is 5.75 Å². The van der Waals surface area contributed by atoms with Crippen LogP contribution in [-0.4, -0.2) is 30.8 Å². The van der Waals surface area contributed by atoms with Crippen molar-refractivity contribution >= 4 is 10.9 Å². The molecule has 0 amide bonds. The van der Waals surface area contributed by atoms with Crippen LogP contribution in [0.25, 0.3) is 10.9 Å². The minimum absolute atomic E-state index is 0.247. The third-order valence-electron chi connectivity index (χ3n) is 3.75. The van der Waals surface area contributed by atoms with Crippen LogP contribution in [0.2, 0.25) is 0 Å². The molecular weight excluding hydrogens is 264 g/mol. The van der Waals surface area contributed by atoms with Crippen LogP contribution in [0.4, 0.5) is 0 Å². The van der Waals surface area contributed by atoms with Gasteiger partial charge >= 0.3 is 0 Å². The average Bonchev–Trinajstić information content (AvgIpc) is 2.54. The van der Waals surface area contributed by atoms with Crippen LogP contribution < -0.4 is 10.1 Å². The zero-order valence-corrected chi connectivity index (χ0v) is 12.5. The Hall–Kier alpha value is -1.65. The van der Waals surface area contributed by atoms with E-state index in [9.17, 15) is 0 Å². The van der Waals surface area contributed by atoms with Crippen LogP contribution in [0.15, 0.2) is 30.3 Å². The molecule has 0 spiro atoms. The Morgan fingerprint density at radius 2 is 2.10 bits per heavy atom. The molecule has 4 heteroatoms. The summed E-state index contributed by atoms with van der Waals surface area (Å²) >= 11 is 0. The fourth-order valence-corrected chi connectivity index (χ4v) is 2.61. The summed E-state index contributed by atoms with van der Waals surface area (Å²) in [7, 11) is 0. The highest BCUT2D eigenvalue weighted by Crippen LogP contribution is 2.28. The molecule has 0 aliphatic carbocycles. The molecule has 2 heterocycles. The molecule has 1 aromatic heterocycles. The molecule has 0 saturated carbocycles. The van der Waals surface area contributed by atoms with E-state index in [4.69, 9.17) is 14.5 Å². The minimum Gasteiger partial charge on any atom is -0.489 e. The Morgan fingerprint density at radius 3 is 2.90 bits per heavy atom. The lowest BCUT2D eigenvalue weighted by molar-refractivity contribution is 0.0261. The molecule has 0 unspecified atom stereocenters. The van der Waals surface area contributed by atoms with Crippen LogP contribution in [-0.2, 0) is 11.3 Å². The first kappa shape index (κ1) is 14.3. The average molecular weight is 286 g/mol. The highest BCUT2D eigenvalue weighted by atomic mass is 16.5. The van der Waals surface area contributed by atoms with E-state index in [-0.39, 0.29) is 6.10 Å². The first-order chi connectivity index (χ1) is 10.4. The molecular formula is C17H22N2O2. The van der Waals surface area contributed by atoms with Gasteiger partial charge in [0.25, 0.3) is 0 Å². The zero-order valence-electron chi connectivity index (χ0n) is 12.5. The Labute approximate surface area is 125 Å². The Bertz CT molecular complexity index is 594. The number of nitrogens with zero attached hydrogens (tertiary/aromatic N) is 1. The molecule has 1 aliphatic rings. The van der Waals surface area contributed by atoms with E-state index >= 15 is 0 Å². The van der Waals surface area contributed by atoms with Gasteiger partial charge in [0.2, 0.25) is 0 Å². The molecule has 112 valence electrons. The second-order valence-corrected chi connectivity index (χ2v) is 5.34. The summed E-state index contributed by atoms with van der Waals surface area (Å²) in [5.74, 6) is 0.945. The lowest BCUT2D eigenvalue weighted by Crippen LogP contribution is -2.26. The molecule has 0 atom stereocenters. The zero-order chi connectivity index (χ0) is 14.5. The van der Waals surface area contributed by atoms with E-state index in [0.717, 1.165) is 61.5 Å². The summed E-state index contributed by atoms with van der Waals surface area (Å²) < 4.78 is 11.6. The first-order valence-electron chi connectivity index (χ1n) is 7.70. The number of benzene rings is 1. The van der Waals surface area contributed by atoms with E-state index in [0.29, 0.717) is 0 Å². The Kier molecular flexibility index (Phi) is 4.68. The van der Waals surface area contributed by atoms with Gasteiger partial charge in [0, 0.05) is 30.8 Å². The summed E-state index contributed by atoms with van der Waals surface area (Å²) in [6.07, 6.45) is 2.16. The summed E-state index contributed by atoms with van der Waals surface area (Å²) in [6.45, 7) is 5.38. The standard InChI is InChI=1S/C17H22N2O2/c1-2-18-12-13-11-17(21-14-7-9-20-10-8-14)15-5-3-4-6-16(15)19-13/h3-6,11,14,18H,2,7-10,12H2,1H3. The molecule has 0 radical (unpaired) electrons. The Balaban J connectivity index is 1.89. The number of ether oxygens (including phenoxy) is 2. The van der Waals surface area contributed by atoms with Gasteiger partial charge in [-0.1, -0.05) is 19.1 Å². The summed E-state index contributed by atoms with van der Waals surface area (Å²) in [6, 6.07) is 10.2. The van der Waals surface area contributed by atoms with Crippen LogP contribution in [0, 0.1) is 0 Å². The van der Waals surface area contributed by atoms with Crippen molar-refractivity contribution in [1.82, 2.24) is 10.3 Å². The van der Waals surface area contributed by atoms with Crippen LogP contribution >= 0.6 is 0 Å². The maximum atomic E-state index is 6.24. The van der Waals surface area contributed by atoms with Gasteiger partial charge in [-0.25, -0.2) is 0 Å². The molecule has 3 rings (SSSR count). The molecule has 1 aromatic carbocycles. The van der Waals surface area contributed by atoms with Gasteiger partial charge in [0.15, 0.2) is 0 Å². The largest absolute Gasteiger partial charge is 0.489 e. The predicted molar refractivity (Wildman–Crippen MR) is 83.6 cm³/mol. The third-order valence-corrected chi connectivity index (χ3v) is 3.75. The molecule has 1 aliphatic heterocycles. The maximum Gasteiger partial charge on any atom is 0.130 e. The number of para-hydroxylation sites is 1. The summed E-state index contributed by atoms with van der Waals surface area (Å²) in [5, 5.41) is 4.41. The Morgan fingerprint density at radius 1 is 1.29 bits per heavy atom. The highest BCUT2D eigenvalue weighted by Gasteiger charge is 2.17. The van der Waals surface area contributed by atoms with Crippen molar-refractivity contribution in [3.63, 3.8) is 0 Å². The maximum absolute atomic E-state index is 6.24. The van der Waals surface area contributed by atoms with Crippen molar-refractivity contribution in [2.45, 2.75) is 32.4 Å². The number of hydrogen-bond acceptors (Lipinski definition) is 4. The monoisotopic (exact) mass is 286 g/mol. The highest BCUT2D eigenvalue weighted by molar-refractivity contribution is 5.85. The van der Waals surface area contributed by atoms with Crippen molar-refractivity contribution < 1.29 is 9.47 Å². The van der Waals surface area contributed by atoms with Gasteiger partial charge in [-0.05, 0) is 18.7 Å². The molecule has 2 aromatic rings. The number of pyridine rings is 1. The van der Waals surface area contributed by atoms with Gasteiger partial charge in [0.1, 0.15) is 11.9 Å². The molecule has 0 bridgehead atoms. The van der Waals surface area contributed by atoms with E-state index < -0.39 is 0 Å². The number of aromatic nitrogens is 1. The summed E-state index contributed by atoms with van der Waals surface area (Å²) in [4.78, 5) is 4.70. The summed E-state index contributed by atoms with van der Waals surface area (Å²) in [5.41, 5.74) is 2.02. The fourth-order valence-electron chi connectivity index (χ4n) is 2.61. The lowest BCUT2D eigenvalue weighted by atomic mass is 10.1. The van der Waals surface area contributed by atoms with Crippen molar-refractivity contribution in [2.24, 2.45) is 0 Å². The van der Waals surface area contributed by atoms with E-state index in [1.807, 2.05) is 18.2 Å². The van der Waals surface area contributed by atoms with Gasteiger partial charge in [-0.2, -0.15) is 0 Å². The first-order valence-corrected chi connectivity index (χ1v) is 7.70. The van der Waals surface area contributed by atoms with Gasteiger partial charge in [-0.3, -0.25) is 4.98 Å². The second kappa shape index (κ2) is 6.87. The topological polar surface area (TPSA) is 43.4 Å². The molecule has 1 fully saturated rings. The van der Waals surface area contributed by atoms with E-state index in [2.05, 4.69) is 24.4 Å². The SMILES string of the molecule is CCNCc1cc(OC2CCOCC2)c2ccccc2n1. The normalized spacial score (nSPS) is 16.2. The van der Waals surface area contributed by atoms with Gasteiger partial charge in [-0.15, -0.1) is 0 Å². The molecule has 1 N–H and O–H groups in total.